The van der Waals surface area contributed by atoms with Gasteiger partial charge in [0, 0.05) is 19.6 Å². The molecule has 1 saturated carbocycles. The lowest BCUT2D eigenvalue weighted by atomic mass is 10.1. The number of hydrogen-bond donors (Lipinski definition) is 1. The second-order valence-corrected chi connectivity index (χ2v) is 4.91. The van der Waals surface area contributed by atoms with E-state index in [0.717, 1.165) is 19.3 Å². The summed E-state index contributed by atoms with van der Waals surface area (Å²) in [4.78, 5) is 4.40. The SMILES string of the molecule is COC(c1noc(CCCC(C)N)n1)C1CC1. The number of aryl methyl sites for hydroxylation is 1. The number of methoxy groups -OCH3 is 1. The molecule has 5 nitrogen and oxygen atoms in total. The lowest BCUT2D eigenvalue weighted by Gasteiger charge is -2.08. The minimum absolute atomic E-state index is 0.0148. The predicted molar refractivity (Wildman–Crippen MR) is 63.4 cm³/mol. The smallest absolute Gasteiger partial charge is 0.226 e. The molecule has 1 fully saturated rings. The average Bonchev–Trinajstić information content (AvgIpc) is 3.00. The summed E-state index contributed by atoms with van der Waals surface area (Å²) in [6, 6.07) is 0.232. The number of rotatable bonds is 7. The van der Waals surface area contributed by atoms with Crippen LogP contribution < -0.4 is 5.73 Å². The highest BCUT2D eigenvalue weighted by molar-refractivity contribution is 4.98. The molecule has 1 aromatic rings. The molecule has 1 aliphatic carbocycles. The van der Waals surface area contributed by atoms with E-state index in [1.54, 1.807) is 7.11 Å². The summed E-state index contributed by atoms with van der Waals surface area (Å²) >= 11 is 0. The third-order valence-corrected chi connectivity index (χ3v) is 3.09. The Morgan fingerprint density at radius 3 is 2.88 bits per heavy atom. The van der Waals surface area contributed by atoms with Crippen molar-refractivity contribution in [3.8, 4) is 0 Å². The van der Waals surface area contributed by atoms with Gasteiger partial charge < -0.3 is 15.0 Å². The van der Waals surface area contributed by atoms with Gasteiger partial charge in [0.05, 0.1) is 0 Å². The summed E-state index contributed by atoms with van der Waals surface area (Å²) in [5, 5.41) is 4.00. The first-order valence-electron chi connectivity index (χ1n) is 6.31. The summed E-state index contributed by atoms with van der Waals surface area (Å²) in [5.74, 6) is 1.98. The van der Waals surface area contributed by atoms with Crippen LogP contribution in [0.1, 0.15) is 50.4 Å². The van der Waals surface area contributed by atoms with Crippen LogP contribution in [0.5, 0.6) is 0 Å². The molecule has 0 radical (unpaired) electrons. The molecule has 0 aromatic carbocycles. The molecular weight excluding hydrogens is 218 g/mol. The van der Waals surface area contributed by atoms with Crippen LogP contribution in [0.15, 0.2) is 4.52 Å². The van der Waals surface area contributed by atoms with Crippen LogP contribution in [0.3, 0.4) is 0 Å². The van der Waals surface area contributed by atoms with Gasteiger partial charge in [-0.05, 0) is 38.5 Å². The fourth-order valence-corrected chi connectivity index (χ4v) is 1.97. The molecular formula is C12H21N3O2. The normalized spacial score (nSPS) is 19.2. The third kappa shape index (κ3) is 3.51. The van der Waals surface area contributed by atoms with Crippen LogP contribution in [0.25, 0.3) is 0 Å². The maximum absolute atomic E-state index is 5.69. The third-order valence-electron chi connectivity index (χ3n) is 3.09. The van der Waals surface area contributed by atoms with Gasteiger partial charge >= 0.3 is 0 Å². The molecule has 0 saturated heterocycles. The zero-order valence-corrected chi connectivity index (χ0v) is 10.6. The van der Waals surface area contributed by atoms with Gasteiger partial charge in [0.15, 0.2) is 0 Å². The van der Waals surface area contributed by atoms with E-state index >= 15 is 0 Å². The van der Waals surface area contributed by atoms with E-state index in [4.69, 9.17) is 15.0 Å². The van der Waals surface area contributed by atoms with Crippen molar-refractivity contribution in [2.45, 2.75) is 51.2 Å². The Hall–Kier alpha value is -0.940. The van der Waals surface area contributed by atoms with Crippen molar-refractivity contribution >= 4 is 0 Å². The molecule has 1 aliphatic rings. The molecule has 0 spiro atoms. The molecule has 2 rings (SSSR count). The summed E-state index contributed by atoms with van der Waals surface area (Å²) in [6.07, 6.45) is 5.19. The van der Waals surface area contributed by atoms with Gasteiger partial charge in [0.1, 0.15) is 6.10 Å². The van der Waals surface area contributed by atoms with E-state index in [2.05, 4.69) is 10.1 Å². The quantitative estimate of drug-likeness (QED) is 0.785. The van der Waals surface area contributed by atoms with Crippen LogP contribution >= 0.6 is 0 Å². The van der Waals surface area contributed by atoms with E-state index in [9.17, 15) is 0 Å². The zero-order valence-electron chi connectivity index (χ0n) is 10.6. The number of ether oxygens (including phenoxy) is 1. The van der Waals surface area contributed by atoms with E-state index in [1.165, 1.54) is 12.8 Å². The number of aromatic nitrogens is 2. The van der Waals surface area contributed by atoms with Crippen LogP contribution in [0.4, 0.5) is 0 Å². The first kappa shape index (κ1) is 12.5. The Kier molecular flexibility index (Phi) is 4.12. The highest BCUT2D eigenvalue weighted by Crippen LogP contribution is 2.41. The van der Waals surface area contributed by atoms with Crippen LogP contribution in [-0.4, -0.2) is 23.3 Å². The standard InChI is InChI=1S/C12H21N3O2/c1-8(13)4-3-5-10-14-12(15-17-10)11(16-2)9-6-7-9/h8-9,11H,3-7,13H2,1-2H3. The van der Waals surface area contributed by atoms with Gasteiger partial charge in [0.2, 0.25) is 11.7 Å². The van der Waals surface area contributed by atoms with Gasteiger partial charge in [-0.15, -0.1) is 0 Å². The molecule has 1 heterocycles. The van der Waals surface area contributed by atoms with E-state index in [-0.39, 0.29) is 12.1 Å². The molecule has 1 aromatic heterocycles. The lowest BCUT2D eigenvalue weighted by molar-refractivity contribution is 0.0751. The van der Waals surface area contributed by atoms with Crippen molar-refractivity contribution in [1.82, 2.24) is 10.1 Å². The second kappa shape index (κ2) is 5.60. The molecule has 0 bridgehead atoms. The Balaban J connectivity index is 1.86. The largest absolute Gasteiger partial charge is 0.373 e. The summed E-state index contributed by atoms with van der Waals surface area (Å²) in [7, 11) is 1.70. The minimum Gasteiger partial charge on any atom is -0.373 e. The fraction of sp³-hybridized carbons (Fsp3) is 0.833. The Morgan fingerprint density at radius 1 is 1.53 bits per heavy atom. The fourth-order valence-electron chi connectivity index (χ4n) is 1.97. The number of hydrogen-bond acceptors (Lipinski definition) is 5. The van der Waals surface area contributed by atoms with E-state index in [1.807, 2.05) is 6.92 Å². The van der Waals surface area contributed by atoms with Crippen molar-refractivity contribution in [2.24, 2.45) is 11.7 Å². The van der Waals surface area contributed by atoms with Crippen LogP contribution in [0.2, 0.25) is 0 Å². The van der Waals surface area contributed by atoms with Crippen molar-refractivity contribution < 1.29 is 9.26 Å². The monoisotopic (exact) mass is 239 g/mol. The molecule has 2 N–H and O–H groups in total. The Bertz CT molecular complexity index is 347. The van der Waals surface area contributed by atoms with E-state index < -0.39 is 0 Å². The van der Waals surface area contributed by atoms with Gasteiger partial charge in [-0.3, -0.25) is 0 Å². The highest BCUT2D eigenvalue weighted by atomic mass is 16.5. The maximum Gasteiger partial charge on any atom is 0.226 e. The molecule has 17 heavy (non-hydrogen) atoms. The minimum atomic E-state index is 0.0148. The van der Waals surface area contributed by atoms with Gasteiger partial charge in [-0.25, -0.2) is 0 Å². The molecule has 2 atom stereocenters. The number of nitrogens with zero attached hydrogens (tertiary/aromatic N) is 2. The van der Waals surface area contributed by atoms with Gasteiger partial charge in [-0.1, -0.05) is 5.16 Å². The molecule has 5 heteroatoms. The molecule has 0 amide bonds. The molecule has 0 aliphatic heterocycles. The van der Waals surface area contributed by atoms with Crippen molar-refractivity contribution in [3.63, 3.8) is 0 Å². The Labute approximate surface area is 102 Å². The van der Waals surface area contributed by atoms with E-state index in [0.29, 0.717) is 17.6 Å². The van der Waals surface area contributed by atoms with Crippen LogP contribution in [0, 0.1) is 5.92 Å². The van der Waals surface area contributed by atoms with Gasteiger partial charge in [-0.2, -0.15) is 4.98 Å². The topological polar surface area (TPSA) is 74.2 Å². The molecule has 2 unspecified atom stereocenters. The first-order chi connectivity index (χ1) is 8.20. The summed E-state index contributed by atoms with van der Waals surface area (Å²) in [6.45, 7) is 2.01. The van der Waals surface area contributed by atoms with Crippen molar-refractivity contribution in [3.05, 3.63) is 11.7 Å². The Morgan fingerprint density at radius 2 is 2.29 bits per heavy atom. The average molecular weight is 239 g/mol. The van der Waals surface area contributed by atoms with Crippen molar-refractivity contribution in [1.29, 1.82) is 0 Å². The second-order valence-electron chi connectivity index (χ2n) is 4.91. The summed E-state index contributed by atoms with van der Waals surface area (Å²) in [5.41, 5.74) is 5.69. The summed E-state index contributed by atoms with van der Waals surface area (Å²) < 4.78 is 10.6. The van der Waals surface area contributed by atoms with Crippen LogP contribution in [-0.2, 0) is 11.2 Å². The lowest BCUT2D eigenvalue weighted by Crippen LogP contribution is -2.14. The first-order valence-corrected chi connectivity index (χ1v) is 6.31. The van der Waals surface area contributed by atoms with Gasteiger partial charge in [0.25, 0.3) is 0 Å². The molecule has 96 valence electrons. The number of nitrogens with two attached hydrogens (primary N) is 1. The maximum atomic E-state index is 5.69. The van der Waals surface area contributed by atoms with Crippen molar-refractivity contribution in [2.75, 3.05) is 7.11 Å². The predicted octanol–water partition coefficient (Wildman–Crippen LogP) is 1.84. The highest BCUT2D eigenvalue weighted by Gasteiger charge is 2.35. The zero-order chi connectivity index (χ0) is 12.3.